The van der Waals surface area contributed by atoms with E-state index in [9.17, 15) is 22.3 Å². The number of aryl methyl sites for hydroxylation is 1. The van der Waals surface area contributed by atoms with Gasteiger partial charge in [0.1, 0.15) is 34.7 Å². The van der Waals surface area contributed by atoms with Gasteiger partial charge in [0.05, 0.1) is 5.56 Å². The van der Waals surface area contributed by atoms with Crippen LogP contribution >= 0.6 is 30.7 Å². The number of sulfonamides is 1. The molecule has 2 N–H and O–H groups in total. The summed E-state index contributed by atoms with van der Waals surface area (Å²) in [5.41, 5.74) is 0.826. The van der Waals surface area contributed by atoms with Crippen LogP contribution in [0.4, 0.5) is 4.39 Å². The van der Waals surface area contributed by atoms with Crippen molar-refractivity contribution in [2.45, 2.75) is 22.9 Å². The zero-order chi connectivity index (χ0) is 27.2. The summed E-state index contributed by atoms with van der Waals surface area (Å²) in [6.45, 7) is 0.946. The van der Waals surface area contributed by atoms with Crippen LogP contribution < -0.4 is 13.8 Å². The Kier molecular flexibility index (Phi) is 9.20. The normalized spacial score (nSPS) is 13.2. The number of aromatic nitrogens is 1. The summed E-state index contributed by atoms with van der Waals surface area (Å²) >= 11 is 2.86. The van der Waals surface area contributed by atoms with Crippen LogP contribution in [0.1, 0.15) is 17.5 Å². The van der Waals surface area contributed by atoms with E-state index in [0.717, 1.165) is 69.7 Å². The van der Waals surface area contributed by atoms with Crippen LogP contribution in [0.2, 0.25) is 0 Å². The number of rotatable bonds is 12. The molecule has 2 heterocycles. The molecule has 2 aromatic heterocycles. The van der Waals surface area contributed by atoms with Gasteiger partial charge in [0.15, 0.2) is 12.4 Å². The van der Waals surface area contributed by atoms with Gasteiger partial charge in [-0.2, -0.15) is 21.7 Å². The van der Waals surface area contributed by atoms with Gasteiger partial charge >= 0.3 is 7.60 Å². The molecule has 0 bridgehead atoms. The highest BCUT2D eigenvalue weighted by Crippen LogP contribution is 2.42. The van der Waals surface area contributed by atoms with Crippen LogP contribution in [0, 0.1) is 17.1 Å². The summed E-state index contributed by atoms with van der Waals surface area (Å²) in [5, 5.41) is 9.54. The van der Waals surface area contributed by atoms with Crippen molar-refractivity contribution >= 4 is 50.8 Å². The van der Waals surface area contributed by atoms with E-state index >= 15 is 0 Å². The second-order valence-corrected chi connectivity index (χ2v) is 14.2. The van der Waals surface area contributed by atoms with Gasteiger partial charge in [0, 0.05) is 35.1 Å². The number of nitrogens with zero attached hydrogens (tertiary/aromatic N) is 2. The number of benzene rings is 2. The van der Waals surface area contributed by atoms with Crippen molar-refractivity contribution in [1.29, 1.82) is 5.26 Å². The number of hydrogen-bond donors (Lipinski definition) is 2. The van der Waals surface area contributed by atoms with E-state index in [-0.39, 0.29) is 15.5 Å². The third-order valence-corrected chi connectivity index (χ3v) is 10.7. The Balaban J connectivity index is 1.33. The molecule has 0 aliphatic carbocycles. The molecule has 8 nitrogen and oxygen atoms in total. The minimum atomic E-state index is -4.49. The van der Waals surface area contributed by atoms with Gasteiger partial charge in [-0.05, 0) is 47.0 Å². The number of fused-ring (bicyclic) bond motifs is 1. The molecular formula is C25H24FN3O5PS3+. The summed E-state index contributed by atoms with van der Waals surface area (Å²) in [5.74, 6) is 0.579. The molecule has 0 radical (unpaired) electrons. The highest BCUT2D eigenvalue weighted by molar-refractivity contribution is 7.98. The highest BCUT2D eigenvalue weighted by atomic mass is 32.2. The Morgan fingerprint density at radius 2 is 1.95 bits per heavy atom. The second-order valence-electron chi connectivity index (χ2n) is 8.25. The molecule has 198 valence electrons. The Morgan fingerprint density at radius 3 is 2.68 bits per heavy atom. The molecule has 1 atom stereocenters. The molecule has 4 rings (SSSR count). The number of nitrogens with one attached hydrogen (secondary N) is 1. The van der Waals surface area contributed by atoms with Crippen molar-refractivity contribution in [2.75, 3.05) is 12.0 Å². The van der Waals surface area contributed by atoms with Crippen molar-refractivity contribution in [3.63, 3.8) is 0 Å². The molecule has 0 amide bonds. The van der Waals surface area contributed by atoms with E-state index in [1.165, 1.54) is 6.07 Å². The predicted molar refractivity (Wildman–Crippen MR) is 146 cm³/mol. The van der Waals surface area contributed by atoms with Crippen molar-refractivity contribution in [1.82, 2.24) is 4.72 Å². The van der Waals surface area contributed by atoms with Crippen LogP contribution in [0.25, 0.3) is 10.1 Å². The topological polar surface area (TPSA) is 120 Å². The van der Waals surface area contributed by atoms with Gasteiger partial charge in [-0.15, -0.1) is 11.3 Å². The zero-order valence-electron chi connectivity index (χ0n) is 20.0. The first-order valence-corrected chi connectivity index (χ1v) is 16.6. The van der Waals surface area contributed by atoms with Gasteiger partial charge in [-0.3, -0.25) is 0 Å². The van der Waals surface area contributed by atoms with Crippen LogP contribution in [0.15, 0.2) is 77.3 Å². The minimum absolute atomic E-state index is 0.00149. The average molecular weight is 593 g/mol. The van der Waals surface area contributed by atoms with E-state index in [1.807, 2.05) is 60.6 Å². The van der Waals surface area contributed by atoms with Crippen molar-refractivity contribution in [2.24, 2.45) is 0 Å². The molecule has 1 unspecified atom stereocenters. The third kappa shape index (κ3) is 7.63. The summed E-state index contributed by atoms with van der Waals surface area (Å²) in [6.07, 6.45) is 4.21. The van der Waals surface area contributed by atoms with Crippen LogP contribution in [0.3, 0.4) is 0 Å². The SMILES string of the molecule is N#Cc1ccc(OP(=O)(O)CNS(=O)(=O)c2cc3cc(CSCCC[n+]4ccccc4)ccc3s2)cc1F. The molecule has 2 aromatic carbocycles. The van der Waals surface area contributed by atoms with E-state index < -0.39 is 29.7 Å². The number of nitriles is 1. The number of pyridine rings is 1. The first kappa shape index (κ1) is 28.2. The lowest BCUT2D eigenvalue weighted by molar-refractivity contribution is -0.696. The standard InChI is InChI=1S/C25H23FN3O5PS3/c26-23-15-22(7-6-20(23)16-27)34-35(30,31)18-28-38(32,33)25-14-21-13-19(5-8-24(21)37-25)17-36-12-4-11-29-9-2-1-3-10-29/h1-3,5-10,13-15,28H,4,11-12,17-18H2/p+1. The quantitative estimate of drug-likeness (QED) is 0.135. The average Bonchev–Trinajstić information content (AvgIpc) is 3.33. The monoisotopic (exact) mass is 592 g/mol. The fourth-order valence-corrected chi connectivity index (χ4v) is 8.31. The van der Waals surface area contributed by atoms with Gasteiger partial charge in [-0.1, -0.05) is 12.1 Å². The van der Waals surface area contributed by atoms with E-state index in [1.54, 1.807) is 6.07 Å². The van der Waals surface area contributed by atoms with Gasteiger partial charge in [0.25, 0.3) is 10.0 Å². The number of hydrogen-bond acceptors (Lipinski definition) is 7. The maximum atomic E-state index is 13.7. The number of halogens is 1. The molecule has 0 saturated heterocycles. The number of thioether (sulfide) groups is 1. The Morgan fingerprint density at radius 1 is 1.16 bits per heavy atom. The van der Waals surface area contributed by atoms with E-state index in [4.69, 9.17) is 9.79 Å². The first-order valence-electron chi connectivity index (χ1n) is 11.4. The molecule has 13 heteroatoms. The van der Waals surface area contributed by atoms with Crippen LogP contribution in [0.5, 0.6) is 5.75 Å². The lowest BCUT2D eigenvalue weighted by Gasteiger charge is -2.14. The fourth-order valence-electron chi connectivity index (χ4n) is 3.49. The number of thiophene rings is 1. The second kappa shape index (κ2) is 12.4. The minimum Gasteiger partial charge on any atom is -0.424 e. The van der Waals surface area contributed by atoms with Crippen LogP contribution in [-0.2, 0) is 26.9 Å². The Hall–Kier alpha value is -2.78. The lowest BCUT2D eigenvalue weighted by atomic mass is 10.2. The largest absolute Gasteiger partial charge is 0.424 e. The summed E-state index contributed by atoms with van der Waals surface area (Å²) in [6, 6.07) is 18.0. The van der Waals surface area contributed by atoms with Crippen molar-refractivity contribution < 1.29 is 31.4 Å². The molecule has 0 aliphatic heterocycles. The molecule has 4 aromatic rings. The smallest absolute Gasteiger partial charge is 0.391 e. The third-order valence-electron chi connectivity index (χ3n) is 5.34. The fraction of sp³-hybridized carbons (Fsp3) is 0.200. The molecule has 0 fully saturated rings. The summed E-state index contributed by atoms with van der Waals surface area (Å²) in [4.78, 5) is 10.1. The van der Waals surface area contributed by atoms with Crippen LogP contribution in [-0.4, -0.2) is 25.3 Å². The molecule has 0 aliphatic rings. The maximum Gasteiger partial charge on any atom is 0.391 e. The molecule has 0 saturated carbocycles. The maximum absolute atomic E-state index is 13.7. The first-order chi connectivity index (χ1) is 18.1. The van der Waals surface area contributed by atoms with Crippen molar-refractivity contribution in [3.8, 4) is 11.8 Å². The van der Waals surface area contributed by atoms with Crippen molar-refractivity contribution in [3.05, 3.63) is 90.0 Å². The Bertz CT molecular complexity index is 1620. The van der Waals surface area contributed by atoms with Gasteiger partial charge in [0.2, 0.25) is 0 Å². The predicted octanol–water partition coefficient (Wildman–Crippen LogP) is 5.02. The molecule has 0 spiro atoms. The lowest BCUT2D eigenvalue weighted by Crippen LogP contribution is -2.32. The molecular weight excluding hydrogens is 568 g/mol. The van der Waals surface area contributed by atoms with Gasteiger partial charge < -0.3 is 9.42 Å². The summed E-state index contributed by atoms with van der Waals surface area (Å²) < 4.78 is 61.6. The Labute approximate surface area is 228 Å². The van der Waals surface area contributed by atoms with Gasteiger partial charge in [-0.25, -0.2) is 21.9 Å². The van der Waals surface area contributed by atoms with E-state index in [0.29, 0.717) is 0 Å². The highest BCUT2D eigenvalue weighted by Gasteiger charge is 2.27. The molecule has 38 heavy (non-hydrogen) atoms. The zero-order valence-corrected chi connectivity index (χ0v) is 23.3. The van der Waals surface area contributed by atoms with E-state index in [2.05, 4.69) is 9.29 Å². The summed E-state index contributed by atoms with van der Waals surface area (Å²) in [7, 11) is -8.59.